The molecule has 0 bridgehead atoms. The average molecular weight is 263 g/mol. The van der Waals surface area contributed by atoms with Gasteiger partial charge in [-0.3, -0.25) is 0 Å². The Morgan fingerprint density at radius 1 is 1.17 bits per heavy atom. The van der Waals surface area contributed by atoms with Crippen LogP contribution in [0, 0.1) is 11.7 Å². The molecule has 3 heteroatoms. The molecule has 0 saturated carbocycles. The molecule has 1 atom stereocenters. The summed E-state index contributed by atoms with van der Waals surface area (Å²) in [7, 11) is 0. The van der Waals surface area contributed by atoms with Gasteiger partial charge in [-0.05, 0) is 23.4 Å². The van der Waals surface area contributed by atoms with Crippen LogP contribution in [-0.2, 0) is 6.54 Å². The highest BCUT2D eigenvalue weighted by Gasteiger charge is 2.16. The molecule has 2 rings (SSSR count). The molecule has 1 N–H and O–H groups in total. The van der Waals surface area contributed by atoms with Crippen molar-refractivity contribution < 1.29 is 4.39 Å². The van der Waals surface area contributed by atoms with Crippen LogP contribution >= 0.6 is 11.3 Å². The molecule has 2 aromatic rings. The summed E-state index contributed by atoms with van der Waals surface area (Å²) >= 11 is 1.74. The van der Waals surface area contributed by atoms with Crippen LogP contribution < -0.4 is 5.32 Å². The van der Waals surface area contributed by atoms with E-state index in [9.17, 15) is 4.39 Å². The third-order valence-electron chi connectivity index (χ3n) is 2.99. The standard InChI is InChI=1S/C15H18FNS/c1-11(2)15(14-8-5-9-18-14)17-10-12-6-3-4-7-13(12)16/h3-9,11,15,17H,10H2,1-2H3. The van der Waals surface area contributed by atoms with Gasteiger partial charge in [0.15, 0.2) is 0 Å². The fraction of sp³-hybridized carbons (Fsp3) is 0.333. The summed E-state index contributed by atoms with van der Waals surface area (Å²) in [6.07, 6.45) is 0. The Balaban J connectivity index is 2.05. The molecular formula is C15H18FNS. The van der Waals surface area contributed by atoms with Gasteiger partial charge < -0.3 is 5.32 Å². The van der Waals surface area contributed by atoms with Crippen LogP contribution in [0.2, 0.25) is 0 Å². The van der Waals surface area contributed by atoms with E-state index in [1.807, 2.05) is 12.1 Å². The summed E-state index contributed by atoms with van der Waals surface area (Å²) < 4.78 is 13.5. The van der Waals surface area contributed by atoms with E-state index in [4.69, 9.17) is 0 Å². The normalized spacial score (nSPS) is 12.9. The first-order valence-corrected chi connectivity index (χ1v) is 7.06. The summed E-state index contributed by atoms with van der Waals surface area (Å²) in [5.74, 6) is 0.342. The summed E-state index contributed by atoms with van der Waals surface area (Å²) in [4.78, 5) is 1.31. The van der Waals surface area contributed by atoms with Gasteiger partial charge in [0, 0.05) is 23.0 Å². The Morgan fingerprint density at radius 3 is 2.56 bits per heavy atom. The molecule has 0 amide bonds. The smallest absolute Gasteiger partial charge is 0.127 e. The molecule has 1 unspecified atom stereocenters. The van der Waals surface area contributed by atoms with E-state index >= 15 is 0 Å². The minimum Gasteiger partial charge on any atom is -0.305 e. The number of thiophene rings is 1. The van der Waals surface area contributed by atoms with Crippen LogP contribution in [0.1, 0.15) is 30.3 Å². The molecule has 0 aliphatic heterocycles. The number of nitrogens with one attached hydrogen (secondary N) is 1. The van der Waals surface area contributed by atoms with Crippen molar-refractivity contribution in [3.8, 4) is 0 Å². The second kappa shape index (κ2) is 6.12. The average Bonchev–Trinajstić information content (AvgIpc) is 2.85. The van der Waals surface area contributed by atoms with Crippen LogP contribution in [0.3, 0.4) is 0 Å². The molecule has 1 aromatic carbocycles. The molecule has 1 heterocycles. The van der Waals surface area contributed by atoms with Crippen LogP contribution in [0.25, 0.3) is 0 Å². The first-order chi connectivity index (χ1) is 8.68. The highest BCUT2D eigenvalue weighted by Crippen LogP contribution is 2.26. The lowest BCUT2D eigenvalue weighted by atomic mass is 10.0. The monoisotopic (exact) mass is 263 g/mol. The van der Waals surface area contributed by atoms with Crippen molar-refractivity contribution in [2.45, 2.75) is 26.4 Å². The fourth-order valence-corrected chi connectivity index (χ4v) is 2.97. The molecule has 1 aromatic heterocycles. The SMILES string of the molecule is CC(C)C(NCc1ccccc1F)c1cccs1. The first-order valence-electron chi connectivity index (χ1n) is 6.18. The zero-order chi connectivity index (χ0) is 13.0. The molecule has 0 aliphatic carbocycles. The quantitative estimate of drug-likeness (QED) is 0.844. The second-order valence-electron chi connectivity index (χ2n) is 4.71. The maximum Gasteiger partial charge on any atom is 0.127 e. The van der Waals surface area contributed by atoms with Gasteiger partial charge >= 0.3 is 0 Å². The van der Waals surface area contributed by atoms with Gasteiger partial charge in [0.05, 0.1) is 0 Å². The van der Waals surface area contributed by atoms with Gasteiger partial charge in [0.25, 0.3) is 0 Å². The topological polar surface area (TPSA) is 12.0 Å². The van der Waals surface area contributed by atoms with Crippen molar-refractivity contribution >= 4 is 11.3 Å². The van der Waals surface area contributed by atoms with Crippen molar-refractivity contribution in [3.63, 3.8) is 0 Å². The van der Waals surface area contributed by atoms with Crippen molar-refractivity contribution in [3.05, 3.63) is 58.0 Å². The molecule has 0 aliphatic rings. The lowest BCUT2D eigenvalue weighted by Gasteiger charge is -2.21. The van der Waals surface area contributed by atoms with E-state index in [-0.39, 0.29) is 11.9 Å². The zero-order valence-electron chi connectivity index (χ0n) is 10.7. The third-order valence-corrected chi connectivity index (χ3v) is 3.94. The molecule has 0 saturated heterocycles. The number of rotatable bonds is 5. The zero-order valence-corrected chi connectivity index (χ0v) is 11.5. The number of halogens is 1. The predicted molar refractivity (Wildman–Crippen MR) is 75.1 cm³/mol. The Hall–Kier alpha value is -1.19. The third kappa shape index (κ3) is 3.18. The number of hydrogen-bond acceptors (Lipinski definition) is 2. The van der Waals surface area contributed by atoms with Gasteiger partial charge in [0.2, 0.25) is 0 Å². The summed E-state index contributed by atoms with van der Waals surface area (Å²) in [5, 5.41) is 5.53. The molecule has 96 valence electrons. The summed E-state index contributed by atoms with van der Waals surface area (Å²) in [6, 6.07) is 11.4. The van der Waals surface area contributed by atoms with E-state index in [0.717, 1.165) is 5.56 Å². The van der Waals surface area contributed by atoms with Gasteiger partial charge in [-0.25, -0.2) is 4.39 Å². The summed E-state index contributed by atoms with van der Waals surface area (Å²) in [5.41, 5.74) is 0.722. The van der Waals surface area contributed by atoms with Crippen molar-refractivity contribution in [2.75, 3.05) is 0 Å². The largest absolute Gasteiger partial charge is 0.305 e. The summed E-state index contributed by atoms with van der Waals surface area (Å²) in [6.45, 7) is 4.92. The van der Waals surface area contributed by atoms with E-state index < -0.39 is 0 Å². The van der Waals surface area contributed by atoms with E-state index in [1.165, 1.54) is 10.9 Å². The van der Waals surface area contributed by atoms with Crippen molar-refractivity contribution in [1.29, 1.82) is 0 Å². The maximum atomic E-state index is 13.5. The van der Waals surface area contributed by atoms with E-state index in [0.29, 0.717) is 12.5 Å². The highest BCUT2D eigenvalue weighted by molar-refractivity contribution is 7.10. The highest BCUT2D eigenvalue weighted by atomic mass is 32.1. The van der Waals surface area contributed by atoms with Crippen molar-refractivity contribution in [2.24, 2.45) is 5.92 Å². The Bertz CT molecular complexity index is 479. The minimum atomic E-state index is -0.140. The van der Waals surface area contributed by atoms with Crippen LogP contribution in [0.5, 0.6) is 0 Å². The molecule has 0 radical (unpaired) electrons. The van der Waals surface area contributed by atoms with Crippen LogP contribution in [0.4, 0.5) is 4.39 Å². The van der Waals surface area contributed by atoms with E-state index in [2.05, 4.69) is 36.7 Å². The Kier molecular flexibility index (Phi) is 4.50. The van der Waals surface area contributed by atoms with Crippen LogP contribution in [-0.4, -0.2) is 0 Å². The van der Waals surface area contributed by atoms with Gasteiger partial charge in [-0.1, -0.05) is 38.1 Å². The maximum absolute atomic E-state index is 13.5. The van der Waals surface area contributed by atoms with Gasteiger partial charge in [-0.15, -0.1) is 11.3 Å². The van der Waals surface area contributed by atoms with Gasteiger partial charge in [-0.2, -0.15) is 0 Å². The lowest BCUT2D eigenvalue weighted by Crippen LogP contribution is -2.25. The number of hydrogen-bond donors (Lipinski definition) is 1. The minimum absolute atomic E-state index is 0.140. The molecular weight excluding hydrogens is 245 g/mol. The van der Waals surface area contributed by atoms with E-state index in [1.54, 1.807) is 17.4 Å². The second-order valence-corrected chi connectivity index (χ2v) is 5.69. The molecule has 18 heavy (non-hydrogen) atoms. The molecule has 1 nitrogen and oxygen atoms in total. The fourth-order valence-electron chi connectivity index (χ4n) is 1.99. The Morgan fingerprint density at radius 2 is 1.94 bits per heavy atom. The molecule has 0 spiro atoms. The number of benzene rings is 1. The van der Waals surface area contributed by atoms with Crippen LogP contribution in [0.15, 0.2) is 41.8 Å². The molecule has 0 fully saturated rings. The van der Waals surface area contributed by atoms with Crippen molar-refractivity contribution in [1.82, 2.24) is 5.32 Å². The first kappa shape index (κ1) is 13.2. The van der Waals surface area contributed by atoms with Gasteiger partial charge in [0.1, 0.15) is 5.82 Å². The predicted octanol–water partition coefficient (Wildman–Crippen LogP) is 4.37. The lowest BCUT2D eigenvalue weighted by molar-refractivity contribution is 0.412. The Labute approximate surface area is 112 Å².